The van der Waals surface area contributed by atoms with Crippen molar-refractivity contribution in [3.05, 3.63) is 29.8 Å². The van der Waals surface area contributed by atoms with Gasteiger partial charge in [0.1, 0.15) is 0 Å². The summed E-state index contributed by atoms with van der Waals surface area (Å²) in [5.74, 6) is -0.0983. The standard InChI is InChI=1S/C15H20N2O2/c1-3-5-12(2)19-9-8-15(18)17-14-7-4-6-13(10-14)11-16/h4,6-7,10,12H,3,5,8-9H2,1-2H3,(H,17,18). The van der Waals surface area contributed by atoms with Gasteiger partial charge in [0.05, 0.1) is 30.8 Å². The lowest BCUT2D eigenvalue weighted by atomic mass is 10.2. The third-order valence-electron chi connectivity index (χ3n) is 2.70. The first-order chi connectivity index (χ1) is 9.15. The molecule has 0 saturated carbocycles. The molecule has 4 nitrogen and oxygen atoms in total. The molecule has 0 fully saturated rings. The Bertz CT molecular complexity index is 452. The van der Waals surface area contributed by atoms with Crippen LogP contribution in [-0.4, -0.2) is 18.6 Å². The Hall–Kier alpha value is -1.86. The van der Waals surface area contributed by atoms with Crippen LogP contribution in [0.25, 0.3) is 0 Å². The summed E-state index contributed by atoms with van der Waals surface area (Å²) in [5.41, 5.74) is 1.18. The molecule has 0 radical (unpaired) electrons. The highest BCUT2D eigenvalue weighted by molar-refractivity contribution is 5.90. The lowest BCUT2D eigenvalue weighted by Gasteiger charge is -2.11. The number of carbonyl (C=O) groups is 1. The molecule has 0 aliphatic rings. The van der Waals surface area contributed by atoms with E-state index in [1.165, 1.54) is 0 Å². The maximum atomic E-state index is 11.7. The molecule has 1 atom stereocenters. The summed E-state index contributed by atoms with van der Waals surface area (Å²) in [4.78, 5) is 11.7. The topological polar surface area (TPSA) is 62.1 Å². The molecule has 1 amide bonds. The van der Waals surface area contributed by atoms with Crippen LogP contribution in [0.15, 0.2) is 24.3 Å². The van der Waals surface area contributed by atoms with Crippen LogP contribution < -0.4 is 5.32 Å². The van der Waals surface area contributed by atoms with Crippen LogP contribution in [0.2, 0.25) is 0 Å². The van der Waals surface area contributed by atoms with E-state index in [0.29, 0.717) is 24.3 Å². The van der Waals surface area contributed by atoms with Crippen LogP contribution in [0.1, 0.15) is 38.7 Å². The van der Waals surface area contributed by atoms with Crippen LogP contribution in [0.5, 0.6) is 0 Å². The van der Waals surface area contributed by atoms with Crippen LogP contribution in [0.4, 0.5) is 5.69 Å². The summed E-state index contributed by atoms with van der Waals surface area (Å²) >= 11 is 0. The molecule has 102 valence electrons. The van der Waals surface area contributed by atoms with Crippen LogP contribution in [0.3, 0.4) is 0 Å². The van der Waals surface area contributed by atoms with Gasteiger partial charge in [-0.15, -0.1) is 0 Å². The second kappa shape index (κ2) is 8.28. The first-order valence-corrected chi connectivity index (χ1v) is 6.57. The van der Waals surface area contributed by atoms with Crippen LogP contribution in [-0.2, 0) is 9.53 Å². The van der Waals surface area contributed by atoms with Crippen molar-refractivity contribution in [2.24, 2.45) is 0 Å². The molecule has 1 rings (SSSR count). The first kappa shape index (κ1) is 15.2. The molecule has 0 spiro atoms. The second-order valence-electron chi connectivity index (χ2n) is 4.46. The fourth-order valence-corrected chi connectivity index (χ4v) is 1.73. The van der Waals surface area contributed by atoms with E-state index in [1.807, 2.05) is 13.0 Å². The molecule has 19 heavy (non-hydrogen) atoms. The fourth-order valence-electron chi connectivity index (χ4n) is 1.73. The van der Waals surface area contributed by atoms with Crippen molar-refractivity contribution in [2.75, 3.05) is 11.9 Å². The lowest BCUT2D eigenvalue weighted by Crippen LogP contribution is -2.17. The van der Waals surface area contributed by atoms with Gasteiger partial charge in [0.25, 0.3) is 0 Å². The van der Waals surface area contributed by atoms with Gasteiger partial charge in [0, 0.05) is 5.69 Å². The van der Waals surface area contributed by atoms with E-state index < -0.39 is 0 Å². The minimum absolute atomic E-state index is 0.0983. The molecule has 4 heteroatoms. The van der Waals surface area contributed by atoms with Crippen molar-refractivity contribution in [3.63, 3.8) is 0 Å². The predicted octanol–water partition coefficient (Wildman–Crippen LogP) is 3.09. The van der Waals surface area contributed by atoms with Crippen molar-refractivity contribution < 1.29 is 9.53 Å². The summed E-state index contributed by atoms with van der Waals surface area (Å²) in [7, 11) is 0. The van der Waals surface area contributed by atoms with Crippen LogP contribution >= 0.6 is 0 Å². The molecule has 1 N–H and O–H groups in total. The van der Waals surface area contributed by atoms with Gasteiger partial charge in [-0.05, 0) is 31.5 Å². The van der Waals surface area contributed by atoms with Crippen molar-refractivity contribution in [1.82, 2.24) is 0 Å². The Balaban J connectivity index is 2.33. The average Bonchev–Trinajstić information content (AvgIpc) is 2.39. The highest BCUT2D eigenvalue weighted by Crippen LogP contribution is 2.10. The molecule has 0 aromatic heterocycles. The number of nitrogens with zero attached hydrogens (tertiary/aromatic N) is 1. The molecular weight excluding hydrogens is 240 g/mol. The lowest BCUT2D eigenvalue weighted by molar-refractivity contribution is -0.117. The highest BCUT2D eigenvalue weighted by Gasteiger charge is 2.05. The number of nitriles is 1. The van der Waals surface area contributed by atoms with Gasteiger partial charge in [-0.1, -0.05) is 19.4 Å². The summed E-state index contributed by atoms with van der Waals surface area (Å²) in [6.07, 6.45) is 2.60. The maximum Gasteiger partial charge on any atom is 0.226 e. The van der Waals surface area contributed by atoms with Crippen molar-refractivity contribution >= 4 is 11.6 Å². The van der Waals surface area contributed by atoms with E-state index in [0.717, 1.165) is 12.8 Å². The molecule has 1 aromatic rings. The fraction of sp³-hybridized carbons (Fsp3) is 0.467. The zero-order chi connectivity index (χ0) is 14.1. The number of ether oxygens (including phenoxy) is 1. The Morgan fingerprint density at radius 3 is 3.00 bits per heavy atom. The number of anilines is 1. The minimum atomic E-state index is -0.0983. The predicted molar refractivity (Wildman–Crippen MR) is 74.7 cm³/mol. The number of benzene rings is 1. The van der Waals surface area contributed by atoms with E-state index >= 15 is 0 Å². The van der Waals surface area contributed by atoms with E-state index in [1.54, 1.807) is 24.3 Å². The van der Waals surface area contributed by atoms with Gasteiger partial charge in [-0.3, -0.25) is 4.79 Å². The first-order valence-electron chi connectivity index (χ1n) is 6.57. The Kier molecular flexibility index (Phi) is 6.62. The normalized spacial score (nSPS) is 11.6. The third-order valence-corrected chi connectivity index (χ3v) is 2.70. The third kappa shape index (κ3) is 6.03. The largest absolute Gasteiger partial charge is 0.378 e. The quantitative estimate of drug-likeness (QED) is 0.819. The molecule has 0 bridgehead atoms. The Labute approximate surface area is 114 Å². The van der Waals surface area contributed by atoms with Crippen molar-refractivity contribution in [1.29, 1.82) is 5.26 Å². The van der Waals surface area contributed by atoms with Gasteiger partial charge in [-0.2, -0.15) is 5.26 Å². The molecule has 0 aliphatic carbocycles. The number of amides is 1. The molecule has 1 unspecified atom stereocenters. The van der Waals surface area contributed by atoms with Crippen LogP contribution in [0, 0.1) is 11.3 Å². The van der Waals surface area contributed by atoms with Gasteiger partial charge in [0.2, 0.25) is 5.91 Å². The minimum Gasteiger partial charge on any atom is -0.378 e. The highest BCUT2D eigenvalue weighted by atomic mass is 16.5. The SMILES string of the molecule is CCCC(C)OCCC(=O)Nc1cccc(C#N)c1. The smallest absolute Gasteiger partial charge is 0.226 e. The summed E-state index contributed by atoms with van der Waals surface area (Å²) in [6.45, 7) is 4.54. The van der Waals surface area contributed by atoms with Crippen molar-refractivity contribution in [3.8, 4) is 6.07 Å². The second-order valence-corrected chi connectivity index (χ2v) is 4.46. The van der Waals surface area contributed by atoms with Gasteiger partial charge in [-0.25, -0.2) is 0 Å². The number of nitrogens with one attached hydrogen (secondary N) is 1. The van der Waals surface area contributed by atoms with Gasteiger partial charge >= 0.3 is 0 Å². The molecule has 0 heterocycles. The van der Waals surface area contributed by atoms with E-state index in [4.69, 9.17) is 10.00 Å². The number of hydrogen-bond acceptors (Lipinski definition) is 3. The monoisotopic (exact) mass is 260 g/mol. The number of carbonyl (C=O) groups excluding carboxylic acids is 1. The molecule has 0 aliphatic heterocycles. The van der Waals surface area contributed by atoms with Gasteiger partial charge in [0.15, 0.2) is 0 Å². The Morgan fingerprint density at radius 2 is 2.32 bits per heavy atom. The van der Waals surface area contributed by atoms with E-state index in [9.17, 15) is 4.79 Å². The number of rotatable bonds is 7. The van der Waals surface area contributed by atoms with Crippen molar-refractivity contribution in [2.45, 2.75) is 39.2 Å². The maximum absolute atomic E-state index is 11.7. The molecule has 0 saturated heterocycles. The Morgan fingerprint density at radius 1 is 1.53 bits per heavy atom. The number of hydrogen-bond donors (Lipinski definition) is 1. The summed E-state index contributed by atoms with van der Waals surface area (Å²) in [5, 5.41) is 11.5. The zero-order valence-electron chi connectivity index (χ0n) is 11.5. The zero-order valence-corrected chi connectivity index (χ0v) is 11.5. The molecular formula is C15H20N2O2. The van der Waals surface area contributed by atoms with Gasteiger partial charge < -0.3 is 10.1 Å². The average molecular weight is 260 g/mol. The van der Waals surface area contributed by atoms with E-state index in [-0.39, 0.29) is 12.0 Å². The summed E-state index contributed by atoms with van der Waals surface area (Å²) in [6, 6.07) is 8.89. The summed E-state index contributed by atoms with van der Waals surface area (Å²) < 4.78 is 5.52. The molecule has 1 aromatic carbocycles. The van der Waals surface area contributed by atoms with E-state index in [2.05, 4.69) is 12.2 Å².